The summed E-state index contributed by atoms with van der Waals surface area (Å²) in [5, 5.41) is 20.3. The average molecular weight is 480 g/mol. The molecule has 0 saturated carbocycles. The lowest BCUT2D eigenvalue weighted by molar-refractivity contribution is -0.0228. The molecule has 1 saturated heterocycles. The van der Waals surface area contributed by atoms with Crippen LogP contribution in [0.5, 0.6) is 5.75 Å². The number of aliphatic hydroxyl groups excluding tert-OH is 2. The van der Waals surface area contributed by atoms with Crippen molar-refractivity contribution in [3.8, 4) is 5.75 Å². The molecule has 6 atom stereocenters. The highest BCUT2D eigenvalue weighted by Crippen LogP contribution is 2.66. The molecule has 0 aliphatic carbocycles. The molecular weight excluding hydrogens is 461 g/mol. The van der Waals surface area contributed by atoms with Gasteiger partial charge < -0.3 is 39.3 Å². The fourth-order valence-corrected chi connectivity index (χ4v) is 5.55. The second kappa shape index (κ2) is 9.21. The van der Waals surface area contributed by atoms with E-state index in [0.29, 0.717) is 11.3 Å². The molecule has 1 fully saturated rings. The van der Waals surface area contributed by atoms with E-state index in [0.717, 1.165) is 0 Å². The summed E-state index contributed by atoms with van der Waals surface area (Å²) in [7, 11) is -15.2. The van der Waals surface area contributed by atoms with Crippen LogP contribution in [0.1, 0.15) is 11.7 Å². The van der Waals surface area contributed by atoms with Crippen molar-refractivity contribution in [3.05, 3.63) is 29.8 Å². The Kier molecular flexibility index (Phi) is 7.80. The summed E-state index contributed by atoms with van der Waals surface area (Å²) >= 11 is 0. The predicted molar refractivity (Wildman–Crippen MR) is 92.4 cm³/mol. The summed E-state index contributed by atoms with van der Waals surface area (Å²) in [6.07, 6.45) is -5.52. The van der Waals surface area contributed by atoms with Gasteiger partial charge in [0.25, 0.3) is 0 Å². The fraction of sp³-hybridized carbons (Fsp3) is 0.500. The van der Waals surface area contributed by atoms with Gasteiger partial charge in [0, 0.05) is 5.56 Å². The molecule has 1 heterocycles. The van der Waals surface area contributed by atoms with Crippen molar-refractivity contribution in [2.75, 3.05) is 13.7 Å². The zero-order valence-corrected chi connectivity index (χ0v) is 17.3. The minimum atomic E-state index is -5.67. The topological polar surface area (TPSA) is 219 Å². The van der Waals surface area contributed by atoms with E-state index in [4.69, 9.17) is 24.2 Å². The van der Waals surface area contributed by atoms with E-state index in [9.17, 15) is 28.8 Å². The van der Waals surface area contributed by atoms with E-state index in [1.807, 2.05) is 0 Å². The minimum Gasteiger partial charge on any atom is -0.496 e. The van der Waals surface area contributed by atoms with Gasteiger partial charge in [-0.3, -0.25) is 4.52 Å². The van der Waals surface area contributed by atoms with E-state index < -0.39 is 54.5 Å². The third-order valence-electron chi connectivity index (χ3n) is 3.63. The van der Waals surface area contributed by atoms with Gasteiger partial charge in [-0.25, -0.2) is 13.7 Å². The Bertz CT molecular complexity index is 854. The minimum absolute atomic E-state index is 0.345. The van der Waals surface area contributed by atoms with Crippen LogP contribution < -0.4 is 4.74 Å². The van der Waals surface area contributed by atoms with Gasteiger partial charge in [0.05, 0.1) is 13.7 Å². The molecule has 0 spiro atoms. The SMILES string of the molecule is COc1ccccc1[C@@H]1O[C@H](COP(=O)(O)OP(=O)(O)OP(=O)(O)O)[C@H](O)[C@@H]1O. The molecule has 17 heteroatoms. The van der Waals surface area contributed by atoms with Crippen molar-refractivity contribution in [2.45, 2.75) is 24.4 Å². The zero-order chi connectivity index (χ0) is 22.0. The van der Waals surface area contributed by atoms with Crippen LogP contribution in [0.15, 0.2) is 24.3 Å². The summed E-state index contributed by atoms with van der Waals surface area (Å²) < 4.78 is 55.8. The van der Waals surface area contributed by atoms with Crippen molar-refractivity contribution in [3.63, 3.8) is 0 Å². The molecule has 1 aliphatic heterocycles. The lowest BCUT2D eigenvalue weighted by atomic mass is 10.0. The number of para-hydroxylation sites is 1. The Morgan fingerprint density at radius 1 is 0.966 bits per heavy atom. The lowest BCUT2D eigenvalue weighted by Gasteiger charge is -2.19. The van der Waals surface area contributed by atoms with Crippen LogP contribution in [0.3, 0.4) is 0 Å². The zero-order valence-electron chi connectivity index (χ0n) is 14.6. The maximum Gasteiger partial charge on any atom is 0.490 e. The molecule has 2 unspecified atom stereocenters. The molecule has 14 nitrogen and oxygen atoms in total. The largest absolute Gasteiger partial charge is 0.496 e. The van der Waals surface area contributed by atoms with Crippen LogP contribution >= 0.6 is 23.5 Å². The third kappa shape index (κ3) is 6.91. The first kappa shape index (κ1) is 24.6. The molecule has 29 heavy (non-hydrogen) atoms. The van der Waals surface area contributed by atoms with Gasteiger partial charge in [0.1, 0.15) is 30.2 Å². The summed E-state index contributed by atoms with van der Waals surface area (Å²) in [5.41, 5.74) is 0.377. The number of rotatable bonds is 9. The number of methoxy groups -OCH3 is 1. The van der Waals surface area contributed by atoms with Crippen molar-refractivity contribution in [2.24, 2.45) is 0 Å². The van der Waals surface area contributed by atoms with Gasteiger partial charge in [-0.2, -0.15) is 8.62 Å². The van der Waals surface area contributed by atoms with Crippen LogP contribution in [0.25, 0.3) is 0 Å². The van der Waals surface area contributed by atoms with Crippen LogP contribution in [0.2, 0.25) is 0 Å². The van der Waals surface area contributed by atoms with Gasteiger partial charge in [-0.1, -0.05) is 18.2 Å². The van der Waals surface area contributed by atoms with Crippen LogP contribution in [-0.4, -0.2) is 61.8 Å². The van der Waals surface area contributed by atoms with E-state index >= 15 is 0 Å². The van der Waals surface area contributed by atoms with Gasteiger partial charge in [-0.15, -0.1) is 0 Å². The Hall–Kier alpha value is -0.690. The molecule has 0 radical (unpaired) electrons. The van der Waals surface area contributed by atoms with Gasteiger partial charge in [0.15, 0.2) is 0 Å². The first-order valence-electron chi connectivity index (χ1n) is 7.67. The molecule has 0 aromatic heterocycles. The molecule has 166 valence electrons. The number of ether oxygens (including phenoxy) is 2. The molecule has 6 N–H and O–H groups in total. The normalized spacial score (nSPS) is 29.2. The first-order valence-corrected chi connectivity index (χ1v) is 12.2. The Morgan fingerprint density at radius 2 is 1.59 bits per heavy atom. The molecule has 0 amide bonds. The van der Waals surface area contributed by atoms with E-state index in [-0.39, 0.29) is 0 Å². The second-order valence-electron chi connectivity index (χ2n) is 5.71. The number of phosphoric acid groups is 3. The molecular formula is C12H19O14P3. The number of aliphatic hydroxyl groups is 2. The third-order valence-corrected chi connectivity index (χ3v) is 7.43. The second-order valence-corrected chi connectivity index (χ2v) is 10.1. The number of hydrogen-bond acceptors (Lipinski definition) is 10. The Balaban J connectivity index is 2.04. The Labute approximate surface area is 164 Å². The first-order chi connectivity index (χ1) is 13.2. The Morgan fingerprint density at radius 3 is 2.17 bits per heavy atom. The van der Waals surface area contributed by atoms with Crippen LogP contribution in [0, 0.1) is 0 Å². The standard InChI is InChI=1S/C12H19O14P3/c1-22-8-5-3-2-4-7(8)12-11(14)10(13)9(24-12)6-23-28(18,19)26-29(20,21)25-27(15,16)17/h2-5,9-14H,6H2,1H3,(H,18,19)(H,20,21)(H2,15,16,17)/t9-,10+,11+,12+/m1/s1. The summed E-state index contributed by atoms with van der Waals surface area (Å²) in [4.78, 5) is 35.5. The molecule has 1 aromatic carbocycles. The van der Waals surface area contributed by atoms with Crippen LogP contribution in [0.4, 0.5) is 0 Å². The van der Waals surface area contributed by atoms with Crippen molar-refractivity contribution >= 4 is 23.5 Å². The number of benzene rings is 1. The smallest absolute Gasteiger partial charge is 0.490 e. The fourth-order valence-electron chi connectivity index (χ4n) is 2.52. The summed E-state index contributed by atoms with van der Waals surface area (Å²) in [6, 6.07) is 6.42. The van der Waals surface area contributed by atoms with Crippen molar-refractivity contribution in [1.82, 2.24) is 0 Å². The monoisotopic (exact) mass is 480 g/mol. The van der Waals surface area contributed by atoms with Crippen molar-refractivity contribution < 1.29 is 66.1 Å². The summed E-state index contributed by atoms with van der Waals surface area (Å²) in [5.74, 6) is 0.345. The van der Waals surface area contributed by atoms with E-state index in [2.05, 4.69) is 13.1 Å². The highest BCUT2D eigenvalue weighted by atomic mass is 31.3. The van der Waals surface area contributed by atoms with Gasteiger partial charge in [-0.05, 0) is 6.07 Å². The maximum absolute atomic E-state index is 11.7. The summed E-state index contributed by atoms with van der Waals surface area (Å²) in [6.45, 7) is -0.895. The number of hydrogen-bond donors (Lipinski definition) is 6. The molecule has 1 aliphatic rings. The van der Waals surface area contributed by atoms with Gasteiger partial charge in [0.2, 0.25) is 0 Å². The highest BCUT2D eigenvalue weighted by molar-refractivity contribution is 7.66. The highest BCUT2D eigenvalue weighted by Gasteiger charge is 2.46. The van der Waals surface area contributed by atoms with Crippen molar-refractivity contribution in [1.29, 1.82) is 0 Å². The quantitative estimate of drug-likeness (QED) is 0.260. The average Bonchev–Trinajstić information content (AvgIpc) is 2.85. The maximum atomic E-state index is 11.7. The predicted octanol–water partition coefficient (Wildman–Crippen LogP) is 0.200. The molecule has 0 bridgehead atoms. The van der Waals surface area contributed by atoms with E-state index in [1.54, 1.807) is 24.3 Å². The molecule has 2 rings (SSSR count). The number of phosphoric ester groups is 1. The molecule has 1 aromatic rings. The van der Waals surface area contributed by atoms with Gasteiger partial charge >= 0.3 is 23.5 Å². The van der Waals surface area contributed by atoms with Crippen LogP contribution in [-0.2, 0) is 31.6 Å². The van der Waals surface area contributed by atoms with E-state index in [1.165, 1.54) is 7.11 Å². The lowest BCUT2D eigenvalue weighted by Crippen LogP contribution is -2.33.